The second-order valence-corrected chi connectivity index (χ2v) is 8.73. The number of anilines is 1. The van der Waals surface area contributed by atoms with Gasteiger partial charge in [-0.3, -0.25) is 4.79 Å². The summed E-state index contributed by atoms with van der Waals surface area (Å²) in [6.07, 6.45) is 0.163. The number of carbonyl (C=O) groups excluding carboxylic acids is 2. The Bertz CT molecular complexity index is 1150. The Balaban J connectivity index is 1.64. The van der Waals surface area contributed by atoms with Crippen LogP contribution in [0.15, 0.2) is 75.9 Å². The fraction of sp³-hybridized carbons (Fsp3) is 0.240. The van der Waals surface area contributed by atoms with Crippen molar-refractivity contribution in [2.24, 2.45) is 4.99 Å². The van der Waals surface area contributed by atoms with Gasteiger partial charge in [0, 0.05) is 11.4 Å². The maximum atomic E-state index is 12.9. The molecule has 32 heavy (non-hydrogen) atoms. The molecule has 0 saturated carbocycles. The van der Waals surface area contributed by atoms with E-state index in [1.165, 1.54) is 18.9 Å². The Morgan fingerprint density at radius 2 is 1.78 bits per heavy atom. The van der Waals surface area contributed by atoms with Crippen LogP contribution in [0.25, 0.3) is 0 Å². The largest absolute Gasteiger partial charge is 0.466 e. The lowest BCUT2D eigenvalue weighted by Crippen LogP contribution is -2.37. The fourth-order valence-corrected chi connectivity index (χ4v) is 5.07. The third-order valence-electron chi connectivity index (χ3n) is 5.37. The molecule has 2 aromatic carbocycles. The number of aliphatic imine (C=N–C) groups is 1. The number of carbonyl (C=O) groups is 2. The molecule has 2 heterocycles. The number of rotatable bonds is 5. The number of amides is 1. The molecule has 2 aromatic rings. The molecule has 0 aromatic heterocycles. The quantitative estimate of drug-likeness (QED) is 0.647. The second-order valence-electron chi connectivity index (χ2n) is 7.90. The summed E-state index contributed by atoms with van der Waals surface area (Å²) in [7, 11) is 1.37. The number of benzene rings is 2. The zero-order chi connectivity index (χ0) is 22.8. The molecule has 0 bridgehead atoms. The number of hydrogen-bond donors (Lipinski definition) is 1. The molecule has 1 unspecified atom stereocenters. The van der Waals surface area contributed by atoms with E-state index in [1.807, 2.05) is 73.5 Å². The van der Waals surface area contributed by atoms with E-state index in [2.05, 4.69) is 16.4 Å². The monoisotopic (exact) mass is 447 g/mol. The van der Waals surface area contributed by atoms with Crippen molar-refractivity contribution >= 4 is 34.5 Å². The summed E-state index contributed by atoms with van der Waals surface area (Å²) in [5, 5.41) is 5.68. The molecule has 1 N–H and O–H groups in total. The van der Waals surface area contributed by atoms with Crippen molar-refractivity contribution in [3.63, 3.8) is 0 Å². The Hall–Kier alpha value is -3.32. The van der Waals surface area contributed by atoms with Crippen molar-refractivity contribution in [1.29, 1.82) is 0 Å². The van der Waals surface area contributed by atoms with Crippen LogP contribution >= 0.6 is 11.8 Å². The minimum absolute atomic E-state index is 0.124. The van der Waals surface area contributed by atoms with Gasteiger partial charge in [-0.05, 0) is 55.0 Å². The van der Waals surface area contributed by atoms with Gasteiger partial charge in [0.15, 0.2) is 5.17 Å². The van der Waals surface area contributed by atoms with E-state index in [1.54, 1.807) is 0 Å². The molecule has 2 aliphatic rings. The molecule has 1 atom stereocenters. The number of ether oxygens (including phenoxy) is 1. The number of aryl methyl sites for hydroxylation is 2. The van der Waals surface area contributed by atoms with Crippen LogP contribution < -0.4 is 5.32 Å². The minimum Gasteiger partial charge on any atom is -0.466 e. The molecule has 0 radical (unpaired) electrons. The van der Waals surface area contributed by atoms with Gasteiger partial charge >= 0.3 is 5.97 Å². The molecular weight excluding hydrogens is 422 g/mol. The molecule has 0 saturated heterocycles. The molecule has 2 aliphatic heterocycles. The third-order valence-corrected chi connectivity index (χ3v) is 6.26. The Labute approximate surface area is 192 Å². The van der Waals surface area contributed by atoms with Crippen LogP contribution in [-0.4, -0.2) is 29.1 Å². The average Bonchev–Trinajstić information content (AvgIpc) is 3.13. The van der Waals surface area contributed by atoms with Gasteiger partial charge in [-0.25, -0.2) is 9.79 Å². The highest BCUT2D eigenvalue weighted by Gasteiger charge is 2.40. The van der Waals surface area contributed by atoms with Gasteiger partial charge in [-0.15, -0.1) is 0 Å². The first-order valence-electron chi connectivity index (χ1n) is 10.3. The third kappa shape index (κ3) is 4.34. The van der Waals surface area contributed by atoms with Crippen LogP contribution in [0.1, 0.15) is 36.1 Å². The van der Waals surface area contributed by atoms with E-state index < -0.39 is 12.0 Å². The Morgan fingerprint density at radius 1 is 1.09 bits per heavy atom. The number of methoxy groups -OCH3 is 1. The second kappa shape index (κ2) is 9.04. The van der Waals surface area contributed by atoms with Crippen molar-refractivity contribution in [2.75, 3.05) is 12.4 Å². The fourth-order valence-electron chi connectivity index (χ4n) is 4.11. The molecule has 6 nitrogen and oxygen atoms in total. The number of esters is 1. The van der Waals surface area contributed by atoms with Gasteiger partial charge in [-0.2, -0.15) is 0 Å². The van der Waals surface area contributed by atoms with Crippen LogP contribution in [0.5, 0.6) is 0 Å². The first-order chi connectivity index (χ1) is 15.4. The highest BCUT2D eigenvalue weighted by molar-refractivity contribution is 8.16. The van der Waals surface area contributed by atoms with Gasteiger partial charge in [0.05, 0.1) is 30.8 Å². The van der Waals surface area contributed by atoms with Gasteiger partial charge in [-0.1, -0.05) is 48.2 Å². The SMILES string of the molecule is COC(=O)C1=C(C)N=C2SC=C(CC(=O)Nc3cc(C)cc(C)c3)N2C1c1ccccc1. The maximum absolute atomic E-state index is 12.9. The summed E-state index contributed by atoms with van der Waals surface area (Å²) < 4.78 is 5.08. The predicted octanol–water partition coefficient (Wildman–Crippen LogP) is 5.08. The Morgan fingerprint density at radius 3 is 2.44 bits per heavy atom. The van der Waals surface area contributed by atoms with Crippen molar-refractivity contribution in [3.8, 4) is 0 Å². The lowest BCUT2D eigenvalue weighted by Gasteiger charge is -2.36. The summed E-state index contributed by atoms with van der Waals surface area (Å²) in [6.45, 7) is 5.82. The summed E-state index contributed by atoms with van der Waals surface area (Å²) in [6, 6.07) is 15.3. The summed E-state index contributed by atoms with van der Waals surface area (Å²) in [5.74, 6) is -0.545. The van der Waals surface area contributed by atoms with Crippen LogP contribution in [0.2, 0.25) is 0 Å². The van der Waals surface area contributed by atoms with Crippen molar-refractivity contribution in [2.45, 2.75) is 33.2 Å². The molecule has 1 amide bonds. The zero-order valence-corrected chi connectivity index (χ0v) is 19.3. The van der Waals surface area contributed by atoms with Crippen LogP contribution in [-0.2, 0) is 14.3 Å². The summed E-state index contributed by atoms with van der Waals surface area (Å²) >= 11 is 1.46. The van der Waals surface area contributed by atoms with E-state index in [0.29, 0.717) is 11.3 Å². The standard InChI is InChI=1S/C25H25N3O3S/c1-15-10-16(2)12-19(11-15)27-21(29)13-20-14-32-25-26-17(3)22(24(30)31-4)23(28(20)25)18-8-6-5-7-9-18/h5-12,14,23H,13H2,1-4H3,(H,27,29). The van der Waals surface area contributed by atoms with E-state index in [-0.39, 0.29) is 12.3 Å². The summed E-state index contributed by atoms with van der Waals surface area (Å²) in [4.78, 5) is 32.2. The van der Waals surface area contributed by atoms with E-state index >= 15 is 0 Å². The number of thioether (sulfide) groups is 1. The molecule has 7 heteroatoms. The van der Waals surface area contributed by atoms with E-state index in [9.17, 15) is 9.59 Å². The number of nitrogens with zero attached hydrogens (tertiary/aromatic N) is 2. The number of amidine groups is 1. The smallest absolute Gasteiger partial charge is 0.338 e. The van der Waals surface area contributed by atoms with Gasteiger partial charge in [0.2, 0.25) is 5.91 Å². The normalized spacial score (nSPS) is 17.5. The van der Waals surface area contributed by atoms with Gasteiger partial charge in [0.25, 0.3) is 0 Å². The number of fused-ring (bicyclic) bond motifs is 1. The topological polar surface area (TPSA) is 71.0 Å². The number of nitrogens with one attached hydrogen (secondary N) is 1. The van der Waals surface area contributed by atoms with Crippen molar-refractivity contribution in [3.05, 3.63) is 87.6 Å². The lowest BCUT2D eigenvalue weighted by atomic mass is 9.94. The van der Waals surface area contributed by atoms with Crippen LogP contribution in [0.3, 0.4) is 0 Å². The molecule has 4 rings (SSSR count). The highest BCUT2D eigenvalue weighted by Crippen LogP contribution is 2.44. The highest BCUT2D eigenvalue weighted by atomic mass is 32.2. The molecule has 0 fully saturated rings. The van der Waals surface area contributed by atoms with E-state index in [0.717, 1.165) is 33.2 Å². The number of hydrogen-bond acceptors (Lipinski definition) is 6. The minimum atomic E-state index is -0.421. The van der Waals surface area contributed by atoms with Gasteiger partial charge in [0.1, 0.15) is 0 Å². The molecule has 0 aliphatic carbocycles. The lowest BCUT2D eigenvalue weighted by molar-refractivity contribution is -0.136. The molecule has 0 spiro atoms. The first-order valence-corrected chi connectivity index (χ1v) is 11.2. The zero-order valence-electron chi connectivity index (χ0n) is 18.5. The molecule has 164 valence electrons. The first kappa shape index (κ1) is 21.9. The maximum Gasteiger partial charge on any atom is 0.338 e. The van der Waals surface area contributed by atoms with Gasteiger partial charge < -0.3 is 15.0 Å². The predicted molar refractivity (Wildman–Crippen MR) is 128 cm³/mol. The number of allylic oxidation sites excluding steroid dienone is 1. The van der Waals surface area contributed by atoms with Crippen molar-refractivity contribution < 1.29 is 14.3 Å². The summed E-state index contributed by atoms with van der Waals surface area (Å²) in [5.41, 5.74) is 5.78. The Kier molecular flexibility index (Phi) is 6.19. The van der Waals surface area contributed by atoms with E-state index in [4.69, 9.17) is 4.74 Å². The van der Waals surface area contributed by atoms with Crippen LogP contribution in [0.4, 0.5) is 5.69 Å². The van der Waals surface area contributed by atoms with Crippen molar-refractivity contribution in [1.82, 2.24) is 4.90 Å². The average molecular weight is 448 g/mol. The van der Waals surface area contributed by atoms with Crippen LogP contribution in [0, 0.1) is 13.8 Å². The molecular formula is C25H25N3O3S.